The summed E-state index contributed by atoms with van der Waals surface area (Å²) < 4.78 is 6.13. The van der Waals surface area contributed by atoms with Gasteiger partial charge in [-0.3, -0.25) is 19.3 Å². The molecule has 2 rings (SSSR count). The number of esters is 1. The van der Waals surface area contributed by atoms with Gasteiger partial charge in [0.15, 0.2) is 4.77 Å². The summed E-state index contributed by atoms with van der Waals surface area (Å²) in [6, 6.07) is 4.96. The number of hydrogen-bond acceptors (Lipinski definition) is 6. The molecule has 0 atom stereocenters. The first kappa shape index (κ1) is 18.3. The predicted octanol–water partition coefficient (Wildman–Crippen LogP) is 2.64. The standard InChI is InChI=1S/C17H17N3O4S/c1-4-8-20-15(22)12(14(21)19-17(20)25)9-18-13-7-5-6-11(10(13)2)16(23)24-3/h4-7,9,22H,1,8H2,2-3H3,(H,19,21,25). The van der Waals surface area contributed by atoms with Crippen LogP contribution < -0.4 is 5.56 Å². The molecule has 0 bridgehead atoms. The number of benzene rings is 1. The largest absolute Gasteiger partial charge is 0.494 e. The first-order valence-electron chi connectivity index (χ1n) is 7.29. The third-order valence-electron chi connectivity index (χ3n) is 3.56. The average molecular weight is 359 g/mol. The second-order valence-corrected chi connectivity index (χ2v) is 5.48. The summed E-state index contributed by atoms with van der Waals surface area (Å²) in [7, 11) is 1.30. The van der Waals surface area contributed by atoms with E-state index in [1.54, 1.807) is 31.2 Å². The molecule has 0 spiro atoms. The maximum absolute atomic E-state index is 12.1. The van der Waals surface area contributed by atoms with Gasteiger partial charge in [0.1, 0.15) is 5.56 Å². The molecule has 1 aromatic heterocycles. The molecule has 2 N–H and O–H groups in total. The molecule has 130 valence electrons. The summed E-state index contributed by atoms with van der Waals surface area (Å²) in [5.74, 6) is -0.784. The zero-order chi connectivity index (χ0) is 18.6. The monoisotopic (exact) mass is 359 g/mol. The van der Waals surface area contributed by atoms with Crippen LogP contribution in [0.5, 0.6) is 5.88 Å². The van der Waals surface area contributed by atoms with E-state index in [9.17, 15) is 14.7 Å². The van der Waals surface area contributed by atoms with Crippen molar-refractivity contribution in [2.24, 2.45) is 4.99 Å². The van der Waals surface area contributed by atoms with Gasteiger partial charge in [-0.15, -0.1) is 6.58 Å². The summed E-state index contributed by atoms with van der Waals surface area (Å²) >= 11 is 5.01. The quantitative estimate of drug-likeness (QED) is 0.370. The van der Waals surface area contributed by atoms with E-state index < -0.39 is 11.5 Å². The van der Waals surface area contributed by atoms with Crippen molar-refractivity contribution in [2.45, 2.75) is 13.5 Å². The Morgan fingerprint density at radius 1 is 1.52 bits per heavy atom. The van der Waals surface area contributed by atoms with E-state index >= 15 is 0 Å². The number of nitrogens with one attached hydrogen (secondary N) is 1. The molecule has 1 aromatic carbocycles. The van der Waals surface area contributed by atoms with Gasteiger partial charge < -0.3 is 9.84 Å². The molecule has 0 saturated carbocycles. The zero-order valence-electron chi connectivity index (χ0n) is 13.8. The minimum absolute atomic E-state index is 0.0432. The molecule has 0 saturated heterocycles. The number of methoxy groups -OCH3 is 1. The number of allylic oxidation sites excluding steroid dienone is 1. The van der Waals surface area contributed by atoms with Gasteiger partial charge in [-0.1, -0.05) is 12.1 Å². The Hall–Kier alpha value is -3.00. The summed E-state index contributed by atoms with van der Waals surface area (Å²) in [5.41, 5.74) is 0.837. The number of carbonyl (C=O) groups is 1. The highest BCUT2D eigenvalue weighted by molar-refractivity contribution is 7.71. The third kappa shape index (κ3) is 3.74. The van der Waals surface area contributed by atoms with Crippen molar-refractivity contribution < 1.29 is 14.6 Å². The molecular weight excluding hydrogens is 342 g/mol. The van der Waals surface area contributed by atoms with Gasteiger partial charge >= 0.3 is 5.97 Å². The molecule has 0 aliphatic heterocycles. The lowest BCUT2D eigenvalue weighted by molar-refractivity contribution is 0.0600. The fraction of sp³-hybridized carbons (Fsp3) is 0.176. The highest BCUT2D eigenvalue weighted by Crippen LogP contribution is 2.23. The third-order valence-corrected chi connectivity index (χ3v) is 3.88. The Labute approximate surface area is 148 Å². The van der Waals surface area contributed by atoms with Crippen molar-refractivity contribution in [3.63, 3.8) is 0 Å². The average Bonchev–Trinajstić information content (AvgIpc) is 2.59. The maximum atomic E-state index is 12.1. The van der Waals surface area contributed by atoms with E-state index in [-0.39, 0.29) is 22.8 Å². The van der Waals surface area contributed by atoms with Crippen LogP contribution in [0.25, 0.3) is 0 Å². The van der Waals surface area contributed by atoms with Crippen LogP contribution in [0.2, 0.25) is 0 Å². The van der Waals surface area contributed by atoms with Gasteiger partial charge in [-0.2, -0.15) is 0 Å². The van der Waals surface area contributed by atoms with Crippen molar-refractivity contribution in [1.29, 1.82) is 0 Å². The Bertz CT molecular complexity index is 973. The lowest BCUT2D eigenvalue weighted by atomic mass is 10.1. The van der Waals surface area contributed by atoms with Crippen LogP contribution in [-0.2, 0) is 11.3 Å². The molecule has 2 aromatic rings. The summed E-state index contributed by atoms with van der Waals surface area (Å²) in [5, 5.41) is 10.3. The van der Waals surface area contributed by atoms with Crippen LogP contribution in [0, 0.1) is 11.7 Å². The zero-order valence-corrected chi connectivity index (χ0v) is 14.6. The summed E-state index contributed by atoms with van der Waals surface area (Å²) in [6.45, 7) is 5.53. The Morgan fingerprint density at radius 2 is 2.24 bits per heavy atom. The second kappa shape index (κ2) is 7.71. The van der Waals surface area contributed by atoms with E-state index in [1.807, 2.05) is 0 Å². The number of nitrogens with zero attached hydrogens (tertiary/aromatic N) is 2. The fourth-order valence-corrected chi connectivity index (χ4v) is 2.47. The molecule has 1 heterocycles. The van der Waals surface area contributed by atoms with Crippen LogP contribution in [0.3, 0.4) is 0 Å². The molecule has 7 nitrogen and oxygen atoms in total. The smallest absolute Gasteiger partial charge is 0.338 e. The molecule has 0 aliphatic carbocycles. The SMILES string of the molecule is C=CCn1c(O)c(C=Nc2cccc(C(=O)OC)c2C)c(=O)[nH]c1=S. The summed E-state index contributed by atoms with van der Waals surface area (Å²) in [6.07, 6.45) is 2.77. The van der Waals surface area contributed by atoms with Crippen molar-refractivity contribution in [3.8, 4) is 5.88 Å². The van der Waals surface area contributed by atoms with Crippen LogP contribution in [0.1, 0.15) is 21.5 Å². The molecule has 25 heavy (non-hydrogen) atoms. The van der Waals surface area contributed by atoms with E-state index in [4.69, 9.17) is 17.0 Å². The van der Waals surface area contributed by atoms with E-state index in [0.717, 1.165) is 0 Å². The van der Waals surface area contributed by atoms with Crippen LogP contribution >= 0.6 is 12.2 Å². The molecular formula is C17H17N3O4S. The Balaban J connectivity index is 2.52. The first-order valence-corrected chi connectivity index (χ1v) is 7.70. The van der Waals surface area contributed by atoms with E-state index in [2.05, 4.69) is 16.6 Å². The number of H-pyrrole nitrogens is 1. The number of aromatic amines is 1. The maximum Gasteiger partial charge on any atom is 0.338 e. The number of hydrogen-bond donors (Lipinski definition) is 2. The van der Waals surface area contributed by atoms with Crippen molar-refractivity contribution in [2.75, 3.05) is 7.11 Å². The summed E-state index contributed by atoms with van der Waals surface area (Å²) in [4.78, 5) is 30.5. The van der Waals surface area contributed by atoms with Crippen LogP contribution in [-0.4, -0.2) is 34.0 Å². The van der Waals surface area contributed by atoms with Gasteiger partial charge in [0.2, 0.25) is 5.88 Å². The lowest BCUT2D eigenvalue weighted by Crippen LogP contribution is -2.18. The molecule has 8 heteroatoms. The minimum Gasteiger partial charge on any atom is -0.494 e. The second-order valence-electron chi connectivity index (χ2n) is 5.10. The number of ether oxygens (including phenoxy) is 1. The normalized spacial score (nSPS) is 10.8. The molecule has 0 fully saturated rings. The van der Waals surface area contributed by atoms with E-state index in [1.165, 1.54) is 17.9 Å². The van der Waals surface area contributed by atoms with Gasteiger partial charge in [0, 0.05) is 12.8 Å². The number of aromatic hydroxyl groups is 1. The first-order chi connectivity index (χ1) is 11.9. The van der Waals surface area contributed by atoms with Gasteiger partial charge in [0.05, 0.1) is 18.4 Å². The van der Waals surface area contributed by atoms with Gasteiger partial charge in [0.25, 0.3) is 5.56 Å². The fourth-order valence-electron chi connectivity index (χ4n) is 2.22. The highest BCUT2D eigenvalue weighted by Gasteiger charge is 2.13. The van der Waals surface area contributed by atoms with Crippen molar-refractivity contribution >= 4 is 30.1 Å². The number of carbonyl (C=O) groups excluding carboxylic acids is 1. The van der Waals surface area contributed by atoms with Crippen molar-refractivity contribution in [1.82, 2.24) is 9.55 Å². The van der Waals surface area contributed by atoms with Gasteiger partial charge in [-0.25, -0.2) is 4.79 Å². The minimum atomic E-state index is -0.562. The number of rotatable bonds is 5. The predicted molar refractivity (Wildman–Crippen MR) is 97.5 cm³/mol. The van der Waals surface area contributed by atoms with Crippen LogP contribution in [0.4, 0.5) is 5.69 Å². The molecule has 0 radical (unpaired) electrons. The molecule has 0 amide bonds. The lowest BCUT2D eigenvalue weighted by Gasteiger charge is -2.09. The molecule has 0 unspecified atom stereocenters. The number of aliphatic imine (C=N–C) groups is 1. The van der Waals surface area contributed by atoms with E-state index in [0.29, 0.717) is 16.8 Å². The van der Waals surface area contributed by atoms with Crippen molar-refractivity contribution in [3.05, 3.63) is 62.7 Å². The number of aromatic nitrogens is 2. The highest BCUT2D eigenvalue weighted by atomic mass is 32.1. The topological polar surface area (TPSA) is 96.7 Å². The molecule has 0 aliphatic rings. The van der Waals surface area contributed by atoms with Gasteiger partial charge in [-0.05, 0) is 36.8 Å². The van der Waals surface area contributed by atoms with Crippen LogP contribution in [0.15, 0.2) is 40.6 Å². The Kier molecular flexibility index (Phi) is 5.66. The Morgan fingerprint density at radius 3 is 2.88 bits per heavy atom.